The van der Waals surface area contributed by atoms with E-state index < -0.39 is 32.5 Å². The summed E-state index contributed by atoms with van der Waals surface area (Å²) in [5, 5.41) is 9.85. The van der Waals surface area contributed by atoms with Crippen LogP contribution in [0.1, 0.15) is 149 Å². The second kappa shape index (κ2) is 32.2. The smallest absolute Gasteiger partial charge is 0.462 e. The van der Waals surface area contributed by atoms with E-state index in [0.717, 1.165) is 63.7 Å². The molecule has 0 aliphatic heterocycles. The lowest BCUT2D eigenvalue weighted by atomic mass is 9.99. The number of phosphoric acid groups is 1. The maximum absolute atomic E-state index is 12.3. The Labute approximate surface area is 291 Å². The maximum Gasteiger partial charge on any atom is 0.469 e. The molecule has 278 valence electrons. The normalized spacial score (nSPS) is 14.4. The van der Waals surface area contributed by atoms with E-state index in [4.69, 9.17) is 19.3 Å². The van der Waals surface area contributed by atoms with Gasteiger partial charge in [0.2, 0.25) is 0 Å². The minimum absolute atomic E-state index is 0.115. The van der Waals surface area contributed by atoms with Gasteiger partial charge in [-0.05, 0) is 44.4 Å². The molecule has 0 bridgehead atoms. The third-order valence-electron chi connectivity index (χ3n) is 7.99. The molecule has 0 aromatic heterocycles. The van der Waals surface area contributed by atoms with E-state index in [0.29, 0.717) is 19.3 Å². The standard InChI is InChI=1S/C38H67O9P/c1-4-6-22-28-35(39)29-24-19-15-10-8-7-9-11-17-21-26-31-38(41)47-36(33-46-48(42,43)44)32-45-37(40)30-25-20-16-13-12-14-18-23-27-34(3)5-2/h7-8,11,15,17,19,24,29,34-36,39H,4-6,9-10,12-14,16,18,20-23,25-28,30-33H2,1-3H3,(H2,42,43,44)/b8-7-,17-11-,19-15-,29-24+/t34?,35-,36+/m0/s1. The molecule has 0 aromatic rings. The number of ether oxygens (including phenoxy) is 2. The highest BCUT2D eigenvalue weighted by Gasteiger charge is 2.22. The predicted molar refractivity (Wildman–Crippen MR) is 194 cm³/mol. The monoisotopic (exact) mass is 698 g/mol. The van der Waals surface area contributed by atoms with Crippen molar-refractivity contribution < 1.29 is 43.0 Å². The molecule has 3 atom stereocenters. The van der Waals surface area contributed by atoms with Gasteiger partial charge in [-0.2, -0.15) is 0 Å². The number of aliphatic hydroxyl groups is 1. The van der Waals surface area contributed by atoms with Gasteiger partial charge in [-0.15, -0.1) is 0 Å². The molecule has 0 amide bonds. The highest BCUT2D eigenvalue weighted by Crippen LogP contribution is 2.36. The Morgan fingerprint density at radius 1 is 0.708 bits per heavy atom. The van der Waals surface area contributed by atoms with Gasteiger partial charge in [-0.3, -0.25) is 14.1 Å². The first-order valence-corrected chi connectivity index (χ1v) is 20.0. The van der Waals surface area contributed by atoms with Crippen LogP contribution in [0.25, 0.3) is 0 Å². The molecule has 48 heavy (non-hydrogen) atoms. The Hall–Kier alpha value is -2.03. The Balaban J connectivity index is 4.16. The second-order valence-electron chi connectivity index (χ2n) is 12.6. The predicted octanol–water partition coefficient (Wildman–Crippen LogP) is 9.61. The summed E-state index contributed by atoms with van der Waals surface area (Å²) >= 11 is 0. The van der Waals surface area contributed by atoms with Crippen molar-refractivity contribution in [3.8, 4) is 0 Å². The molecule has 0 saturated heterocycles. The summed E-state index contributed by atoms with van der Waals surface area (Å²) in [7, 11) is -4.77. The Morgan fingerprint density at radius 2 is 1.31 bits per heavy atom. The van der Waals surface area contributed by atoms with Crippen LogP contribution in [-0.2, 0) is 28.2 Å². The quantitative estimate of drug-likeness (QED) is 0.0206. The van der Waals surface area contributed by atoms with Crippen molar-refractivity contribution in [2.24, 2.45) is 5.92 Å². The first-order chi connectivity index (χ1) is 23.1. The molecule has 0 aliphatic carbocycles. The van der Waals surface area contributed by atoms with Crippen LogP contribution >= 0.6 is 7.82 Å². The average Bonchev–Trinajstić information content (AvgIpc) is 3.04. The third-order valence-corrected chi connectivity index (χ3v) is 8.48. The molecule has 0 spiro atoms. The van der Waals surface area contributed by atoms with E-state index in [-0.39, 0.29) is 25.6 Å². The van der Waals surface area contributed by atoms with Crippen LogP contribution in [0.3, 0.4) is 0 Å². The van der Waals surface area contributed by atoms with Crippen LogP contribution in [0.2, 0.25) is 0 Å². The second-order valence-corrected chi connectivity index (χ2v) is 13.9. The van der Waals surface area contributed by atoms with Gasteiger partial charge < -0.3 is 24.4 Å². The molecule has 0 aromatic carbocycles. The minimum atomic E-state index is -4.77. The number of allylic oxidation sites excluding steroid dienone is 7. The van der Waals surface area contributed by atoms with Gasteiger partial charge in [0.1, 0.15) is 6.61 Å². The molecular weight excluding hydrogens is 631 g/mol. The molecule has 3 N–H and O–H groups in total. The number of phosphoric ester groups is 1. The van der Waals surface area contributed by atoms with Gasteiger partial charge in [-0.25, -0.2) is 4.57 Å². The summed E-state index contributed by atoms with van der Waals surface area (Å²) in [6, 6.07) is 0. The summed E-state index contributed by atoms with van der Waals surface area (Å²) in [6.45, 7) is 5.80. The summed E-state index contributed by atoms with van der Waals surface area (Å²) in [6.07, 6.45) is 33.1. The van der Waals surface area contributed by atoms with Crippen molar-refractivity contribution in [2.75, 3.05) is 13.2 Å². The third kappa shape index (κ3) is 33.9. The van der Waals surface area contributed by atoms with Crippen LogP contribution in [0.5, 0.6) is 0 Å². The number of unbranched alkanes of at least 4 members (excludes halogenated alkanes) is 10. The highest BCUT2D eigenvalue weighted by molar-refractivity contribution is 7.46. The Morgan fingerprint density at radius 3 is 1.98 bits per heavy atom. The molecule has 10 heteroatoms. The van der Waals surface area contributed by atoms with E-state index in [9.17, 15) is 19.3 Å². The van der Waals surface area contributed by atoms with E-state index in [1.165, 1.54) is 38.5 Å². The average molecular weight is 699 g/mol. The molecule has 0 rings (SSSR count). The lowest BCUT2D eigenvalue weighted by molar-refractivity contribution is -0.161. The fourth-order valence-corrected chi connectivity index (χ4v) is 5.16. The lowest BCUT2D eigenvalue weighted by Crippen LogP contribution is -2.29. The number of carbonyl (C=O) groups excluding carboxylic acids is 2. The molecule has 0 radical (unpaired) electrons. The first kappa shape index (κ1) is 46.0. The van der Waals surface area contributed by atoms with E-state index in [1.807, 2.05) is 36.5 Å². The van der Waals surface area contributed by atoms with Crippen LogP contribution in [0, 0.1) is 5.92 Å². The fraction of sp³-hybridized carbons (Fsp3) is 0.737. The number of hydrogen-bond acceptors (Lipinski definition) is 7. The van der Waals surface area contributed by atoms with Gasteiger partial charge in [0.15, 0.2) is 6.10 Å². The molecule has 0 saturated carbocycles. The molecule has 0 aliphatic rings. The summed E-state index contributed by atoms with van der Waals surface area (Å²) in [4.78, 5) is 42.6. The van der Waals surface area contributed by atoms with E-state index >= 15 is 0 Å². The van der Waals surface area contributed by atoms with Gasteiger partial charge >= 0.3 is 19.8 Å². The van der Waals surface area contributed by atoms with Gasteiger partial charge in [0, 0.05) is 12.8 Å². The minimum Gasteiger partial charge on any atom is -0.462 e. The molecule has 1 unspecified atom stereocenters. The van der Waals surface area contributed by atoms with E-state index in [1.54, 1.807) is 0 Å². The molecular formula is C38H67O9P. The van der Waals surface area contributed by atoms with Crippen molar-refractivity contribution >= 4 is 19.8 Å². The van der Waals surface area contributed by atoms with Crippen molar-refractivity contribution in [3.05, 3.63) is 48.6 Å². The number of aliphatic hydroxyl groups excluding tert-OH is 1. The van der Waals surface area contributed by atoms with Crippen LogP contribution < -0.4 is 0 Å². The summed E-state index contributed by atoms with van der Waals surface area (Å²) in [5.74, 6) is -0.164. The van der Waals surface area contributed by atoms with E-state index in [2.05, 4.69) is 37.4 Å². The number of rotatable bonds is 32. The summed E-state index contributed by atoms with van der Waals surface area (Å²) in [5.41, 5.74) is 0. The number of carbonyl (C=O) groups is 2. The molecule has 0 fully saturated rings. The number of hydrogen-bond donors (Lipinski definition) is 3. The lowest BCUT2D eigenvalue weighted by Gasteiger charge is -2.18. The fourth-order valence-electron chi connectivity index (χ4n) is 4.80. The van der Waals surface area contributed by atoms with Gasteiger partial charge in [-0.1, -0.05) is 146 Å². The topological polar surface area (TPSA) is 140 Å². The highest BCUT2D eigenvalue weighted by atomic mass is 31.2. The maximum atomic E-state index is 12.3. The number of esters is 2. The van der Waals surface area contributed by atoms with Crippen molar-refractivity contribution in [1.82, 2.24) is 0 Å². The molecule has 9 nitrogen and oxygen atoms in total. The van der Waals surface area contributed by atoms with Gasteiger partial charge in [0.25, 0.3) is 0 Å². The van der Waals surface area contributed by atoms with Crippen LogP contribution in [-0.4, -0.2) is 52.3 Å². The Bertz CT molecular complexity index is 954. The summed E-state index contributed by atoms with van der Waals surface area (Å²) < 4.78 is 26.2. The van der Waals surface area contributed by atoms with Crippen LogP contribution in [0.4, 0.5) is 0 Å². The van der Waals surface area contributed by atoms with Crippen molar-refractivity contribution in [1.29, 1.82) is 0 Å². The zero-order valence-electron chi connectivity index (χ0n) is 30.1. The first-order valence-electron chi connectivity index (χ1n) is 18.4. The Kier molecular flexibility index (Phi) is 30.8. The van der Waals surface area contributed by atoms with Gasteiger partial charge in [0.05, 0.1) is 12.7 Å². The zero-order chi connectivity index (χ0) is 35.7. The SMILES string of the molecule is CCCCC[C@H](O)/C=C/C=C\C/C=C\C/C=C\CCCC(=O)O[C@H](COC(=O)CCCCCCCCCCC(C)CC)COP(=O)(O)O. The van der Waals surface area contributed by atoms with Crippen LogP contribution in [0.15, 0.2) is 48.6 Å². The van der Waals surface area contributed by atoms with Crippen molar-refractivity contribution in [2.45, 2.75) is 161 Å². The van der Waals surface area contributed by atoms with Crippen molar-refractivity contribution in [3.63, 3.8) is 0 Å². The largest absolute Gasteiger partial charge is 0.469 e. The zero-order valence-corrected chi connectivity index (χ0v) is 31.0. The molecule has 0 heterocycles.